The Morgan fingerprint density at radius 3 is 2.60 bits per heavy atom. The second-order valence-electron chi connectivity index (χ2n) is 2.85. The number of hydrogen-bond donors (Lipinski definition) is 1. The van der Waals surface area contributed by atoms with E-state index in [2.05, 4.69) is 0 Å². The maximum absolute atomic E-state index is 5.62. The van der Waals surface area contributed by atoms with Crippen LogP contribution in [0.2, 0.25) is 0 Å². The summed E-state index contributed by atoms with van der Waals surface area (Å²) in [4.78, 5) is 5.27. The van der Waals surface area contributed by atoms with Crippen LogP contribution in [0.4, 0.5) is 0 Å². The van der Waals surface area contributed by atoms with Crippen LogP contribution < -0.4 is 5.73 Å². The van der Waals surface area contributed by atoms with Gasteiger partial charge >= 0.3 is 0 Å². The lowest BCUT2D eigenvalue weighted by Crippen LogP contribution is -2.49. The highest BCUT2D eigenvalue weighted by Gasteiger charge is 2.29. The zero-order valence-corrected chi connectivity index (χ0v) is 6.71. The van der Waals surface area contributed by atoms with Crippen LogP contribution in [0.15, 0.2) is 0 Å². The van der Waals surface area contributed by atoms with E-state index in [0.29, 0.717) is 12.1 Å². The molecule has 0 saturated heterocycles. The van der Waals surface area contributed by atoms with Gasteiger partial charge in [0.15, 0.2) is 0 Å². The number of nitrogens with two attached hydrogens (primary N) is 1. The predicted octanol–water partition coefficient (Wildman–Crippen LogP) is 0.359. The van der Waals surface area contributed by atoms with Gasteiger partial charge in [0, 0.05) is 19.1 Å². The molecule has 0 unspecified atom stereocenters. The van der Waals surface area contributed by atoms with Crippen LogP contribution in [-0.2, 0) is 4.84 Å². The third kappa shape index (κ3) is 1.68. The monoisotopic (exact) mass is 144 g/mol. The molecule has 3 heteroatoms. The minimum absolute atomic E-state index is 0.410. The fourth-order valence-corrected chi connectivity index (χ4v) is 1.24. The normalized spacial score (nSPS) is 32.4. The molecular weight excluding hydrogens is 128 g/mol. The van der Waals surface area contributed by atoms with Gasteiger partial charge in [-0.2, -0.15) is 5.06 Å². The molecule has 1 saturated carbocycles. The van der Waals surface area contributed by atoms with Crippen LogP contribution in [0.5, 0.6) is 0 Å². The molecule has 2 N–H and O–H groups in total. The molecule has 0 spiro atoms. The van der Waals surface area contributed by atoms with E-state index < -0.39 is 0 Å². The van der Waals surface area contributed by atoms with Crippen molar-refractivity contribution in [1.29, 1.82) is 0 Å². The number of hydroxylamine groups is 2. The van der Waals surface area contributed by atoms with Crippen molar-refractivity contribution in [2.75, 3.05) is 13.7 Å². The first-order chi connectivity index (χ1) is 4.74. The van der Waals surface area contributed by atoms with Crippen molar-refractivity contribution in [3.05, 3.63) is 0 Å². The van der Waals surface area contributed by atoms with Crippen molar-refractivity contribution < 1.29 is 4.84 Å². The molecule has 0 aliphatic heterocycles. The van der Waals surface area contributed by atoms with Crippen LogP contribution >= 0.6 is 0 Å². The molecule has 3 nitrogen and oxygen atoms in total. The standard InChI is InChI=1S/C7H16N2O/c1-3-10-9(2)7-4-6(8)5-7/h6-7H,3-5,8H2,1-2H3. The minimum atomic E-state index is 0.410. The second-order valence-corrected chi connectivity index (χ2v) is 2.85. The smallest absolute Gasteiger partial charge is 0.0656 e. The molecular formula is C7H16N2O. The summed E-state index contributed by atoms with van der Waals surface area (Å²) >= 11 is 0. The van der Waals surface area contributed by atoms with Gasteiger partial charge < -0.3 is 5.73 Å². The highest BCUT2D eigenvalue weighted by molar-refractivity contribution is 4.86. The van der Waals surface area contributed by atoms with Crippen LogP contribution in [-0.4, -0.2) is 30.8 Å². The van der Waals surface area contributed by atoms with Gasteiger partial charge in [-0.15, -0.1) is 0 Å². The zero-order chi connectivity index (χ0) is 7.56. The van der Waals surface area contributed by atoms with Crippen molar-refractivity contribution in [1.82, 2.24) is 5.06 Å². The maximum Gasteiger partial charge on any atom is 0.0656 e. The largest absolute Gasteiger partial charge is 0.328 e. The number of nitrogens with zero attached hydrogens (tertiary/aromatic N) is 1. The van der Waals surface area contributed by atoms with Crippen molar-refractivity contribution in [3.63, 3.8) is 0 Å². The Labute approximate surface area is 62.1 Å². The van der Waals surface area contributed by atoms with Gasteiger partial charge in [-0.3, -0.25) is 4.84 Å². The Bertz CT molecular complexity index is 99.0. The Morgan fingerprint density at radius 2 is 2.20 bits per heavy atom. The summed E-state index contributed by atoms with van der Waals surface area (Å²) in [5, 5.41) is 1.92. The molecule has 0 atom stereocenters. The molecule has 0 aromatic carbocycles. The number of hydrogen-bond acceptors (Lipinski definition) is 3. The van der Waals surface area contributed by atoms with E-state index in [-0.39, 0.29) is 0 Å². The van der Waals surface area contributed by atoms with E-state index >= 15 is 0 Å². The SMILES string of the molecule is CCON(C)C1CC(N)C1. The molecule has 0 heterocycles. The predicted molar refractivity (Wildman–Crippen MR) is 40.4 cm³/mol. The fourth-order valence-electron chi connectivity index (χ4n) is 1.24. The summed E-state index contributed by atoms with van der Waals surface area (Å²) in [5.41, 5.74) is 5.62. The highest BCUT2D eigenvalue weighted by atomic mass is 16.7. The third-order valence-corrected chi connectivity index (χ3v) is 2.00. The van der Waals surface area contributed by atoms with Gasteiger partial charge in [0.1, 0.15) is 0 Å². The Kier molecular flexibility index (Phi) is 2.65. The number of rotatable bonds is 3. The quantitative estimate of drug-likeness (QED) is 0.581. The maximum atomic E-state index is 5.62. The van der Waals surface area contributed by atoms with Gasteiger partial charge in [0.25, 0.3) is 0 Å². The lowest BCUT2D eigenvalue weighted by molar-refractivity contribution is -0.181. The van der Waals surface area contributed by atoms with E-state index in [1.165, 1.54) is 0 Å². The van der Waals surface area contributed by atoms with Crippen molar-refractivity contribution >= 4 is 0 Å². The molecule has 1 fully saturated rings. The van der Waals surface area contributed by atoms with E-state index in [0.717, 1.165) is 19.4 Å². The molecule has 0 aromatic heterocycles. The molecule has 1 aliphatic rings. The van der Waals surface area contributed by atoms with Gasteiger partial charge in [-0.1, -0.05) is 0 Å². The van der Waals surface area contributed by atoms with Gasteiger partial charge in [-0.25, -0.2) is 0 Å². The Morgan fingerprint density at radius 1 is 1.60 bits per heavy atom. The summed E-state index contributed by atoms with van der Waals surface area (Å²) < 4.78 is 0. The molecule has 0 radical (unpaired) electrons. The van der Waals surface area contributed by atoms with Gasteiger partial charge in [0.05, 0.1) is 6.61 Å². The second kappa shape index (κ2) is 3.32. The lowest BCUT2D eigenvalue weighted by Gasteiger charge is -2.38. The first-order valence-electron chi connectivity index (χ1n) is 3.85. The molecule has 0 bridgehead atoms. The van der Waals surface area contributed by atoms with Crippen LogP contribution in [0, 0.1) is 0 Å². The van der Waals surface area contributed by atoms with Gasteiger partial charge in [-0.05, 0) is 19.8 Å². The lowest BCUT2D eigenvalue weighted by atomic mass is 9.88. The van der Waals surface area contributed by atoms with E-state index in [9.17, 15) is 0 Å². The van der Waals surface area contributed by atoms with Crippen molar-refractivity contribution in [3.8, 4) is 0 Å². The zero-order valence-electron chi connectivity index (χ0n) is 6.71. The van der Waals surface area contributed by atoms with Crippen molar-refractivity contribution in [2.24, 2.45) is 5.73 Å². The van der Waals surface area contributed by atoms with Gasteiger partial charge in [0.2, 0.25) is 0 Å². The summed E-state index contributed by atoms with van der Waals surface area (Å²) in [6.45, 7) is 2.75. The molecule has 0 aromatic rings. The summed E-state index contributed by atoms with van der Waals surface area (Å²) in [7, 11) is 1.97. The van der Waals surface area contributed by atoms with Crippen LogP contribution in [0.1, 0.15) is 19.8 Å². The summed E-state index contributed by atoms with van der Waals surface area (Å²) in [6, 6.07) is 0.975. The minimum Gasteiger partial charge on any atom is -0.328 e. The van der Waals surface area contributed by atoms with E-state index in [1.54, 1.807) is 0 Å². The summed E-state index contributed by atoms with van der Waals surface area (Å²) in [6.07, 6.45) is 2.16. The average Bonchev–Trinajstić information content (AvgIpc) is 1.82. The van der Waals surface area contributed by atoms with Crippen LogP contribution in [0.25, 0.3) is 0 Å². The molecule has 0 amide bonds. The molecule has 1 aliphatic carbocycles. The first kappa shape index (κ1) is 7.98. The first-order valence-corrected chi connectivity index (χ1v) is 3.85. The summed E-state index contributed by atoms with van der Waals surface area (Å²) in [5.74, 6) is 0. The highest BCUT2D eigenvalue weighted by Crippen LogP contribution is 2.22. The van der Waals surface area contributed by atoms with Crippen LogP contribution in [0.3, 0.4) is 0 Å². The molecule has 1 rings (SSSR count). The molecule has 10 heavy (non-hydrogen) atoms. The molecule has 60 valence electrons. The topological polar surface area (TPSA) is 38.5 Å². The average molecular weight is 144 g/mol. The Balaban J connectivity index is 2.11. The fraction of sp³-hybridized carbons (Fsp3) is 1.00. The third-order valence-electron chi connectivity index (χ3n) is 2.00. The van der Waals surface area contributed by atoms with Crippen molar-refractivity contribution in [2.45, 2.75) is 31.8 Å². The Hall–Kier alpha value is -0.120. The van der Waals surface area contributed by atoms with E-state index in [4.69, 9.17) is 10.6 Å². The van der Waals surface area contributed by atoms with E-state index in [1.807, 2.05) is 19.0 Å².